The van der Waals surface area contributed by atoms with Gasteiger partial charge in [0.05, 0.1) is 12.3 Å². The lowest BCUT2D eigenvalue weighted by atomic mass is 9.99. The van der Waals surface area contributed by atoms with Crippen molar-refractivity contribution in [3.63, 3.8) is 0 Å². The largest absolute Gasteiger partial charge is 0.508 e. The number of furan rings is 1. The van der Waals surface area contributed by atoms with Gasteiger partial charge in [0.15, 0.2) is 0 Å². The lowest BCUT2D eigenvalue weighted by Crippen LogP contribution is -2.55. The molecule has 1 aromatic carbocycles. The number of phenolic OH excluding ortho intramolecular Hbond substituents is 1. The molecule has 0 saturated carbocycles. The van der Waals surface area contributed by atoms with Gasteiger partial charge in [0.1, 0.15) is 17.4 Å². The van der Waals surface area contributed by atoms with Gasteiger partial charge in [-0.3, -0.25) is 9.59 Å². The number of nitrogens with one attached hydrogen (secondary N) is 1. The second-order valence-electron chi connectivity index (χ2n) is 7.99. The summed E-state index contributed by atoms with van der Waals surface area (Å²) in [7, 11) is 0. The highest BCUT2D eigenvalue weighted by molar-refractivity contribution is 5.90. The minimum atomic E-state index is -0.659. The van der Waals surface area contributed by atoms with E-state index in [9.17, 15) is 14.7 Å². The maximum Gasteiger partial charge on any atom is 0.245 e. The zero-order valence-corrected chi connectivity index (χ0v) is 16.6. The summed E-state index contributed by atoms with van der Waals surface area (Å²) in [4.78, 5) is 27.1. The molecule has 0 spiro atoms. The summed E-state index contributed by atoms with van der Waals surface area (Å²) in [5.74, 6) is -0.239. The Morgan fingerprint density at radius 1 is 1.36 bits per heavy atom. The van der Waals surface area contributed by atoms with Crippen LogP contribution in [0.3, 0.4) is 0 Å². The van der Waals surface area contributed by atoms with E-state index >= 15 is 0 Å². The highest BCUT2D eigenvalue weighted by atomic mass is 16.3. The normalized spacial score (nSPS) is 19.2. The number of benzene rings is 1. The third kappa shape index (κ3) is 4.14. The summed E-state index contributed by atoms with van der Waals surface area (Å²) in [6.07, 6.45) is 4.16. The van der Waals surface area contributed by atoms with Gasteiger partial charge in [0, 0.05) is 23.5 Å². The minimum absolute atomic E-state index is 0.0316. The SMILES string of the molecule is CC(C)C(NC(=O)[C@H](C)N)C(=O)N1CCCC1Cc1coc2ccc(O)cc12. The number of carbonyl (C=O) groups is 2. The Balaban J connectivity index is 1.78. The minimum Gasteiger partial charge on any atom is -0.508 e. The summed E-state index contributed by atoms with van der Waals surface area (Å²) >= 11 is 0. The molecular formula is C21H29N3O4. The number of nitrogens with zero attached hydrogens (tertiary/aromatic N) is 1. The molecule has 1 aliphatic rings. The molecule has 7 heteroatoms. The van der Waals surface area contributed by atoms with Crippen molar-refractivity contribution < 1.29 is 19.1 Å². The quantitative estimate of drug-likeness (QED) is 0.704. The fourth-order valence-electron chi connectivity index (χ4n) is 3.80. The smallest absolute Gasteiger partial charge is 0.245 e. The average Bonchev–Trinajstić information content (AvgIpc) is 3.26. The van der Waals surface area contributed by atoms with Crippen LogP contribution in [0.25, 0.3) is 11.0 Å². The van der Waals surface area contributed by atoms with E-state index in [-0.39, 0.29) is 29.5 Å². The van der Waals surface area contributed by atoms with Crippen molar-refractivity contribution in [2.45, 2.75) is 58.2 Å². The van der Waals surface area contributed by atoms with E-state index in [1.165, 1.54) is 0 Å². The fourth-order valence-corrected chi connectivity index (χ4v) is 3.80. The third-order valence-corrected chi connectivity index (χ3v) is 5.40. The molecule has 2 heterocycles. The molecule has 1 aliphatic heterocycles. The molecule has 1 aromatic heterocycles. The first kappa shape index (κ1) is 20.2. The van der Waals surface area contributed by atoms with Crippen molar-refractivity contribution in [1.29, 1.82) is 0 Å². The molecule has 1 saturated heterocycles. The molecule has 2 aromatic rings. The summed E-state index contributed by atoms with van der Waals surface area (Å²) in [6.45, 7) is 6.11. The summed E-state index contributed by atoms with van der Waals surface area (Å²) < 4.78 is 5.59. The van der Waals surface area contributed by atoms with E-state index in [1.54, 1.807) is 31.4 Å². The van der Waals surface area contributed by atoms with E-state index in [0.29, 0.717) is 18.5 Å². The van der Waals surface area contributed by atoms with Crippen LogP contribution in [0.15, 0.2) is 28.9 Å². The van der Waals surface area contributed by atoms with E-state index in [1.807, 2.05) is 18.7 Å². The average molecular weight is 387 g/mol. The summed E-state index contributed by atoms with van der Waals surface area (Å²) in [5, 5.41) is 13.4. The topological polar surface area (TPSA) is 109 Å². The van der Waals surface area contributed by atoms with Crippen LogP contribution < -0.4 is 11.1 Å². The third-order valence-electron chi connectivity index (χ3n) is 5.40. The molecule has 152 valence electrons. The van der Waals surface area contributed by atoms with Crippen molar-refractivity contribution in [2.75, 3.05) is 6.54 Å². The molecule has 7 nitrogen and oxygen atoms in total. The lowest BCUT2D eigenvalue weighted by molar-refractivity contribution is -0.138. The van der Waals surface area contributed by atoms with Crippen LogP contribution in [0, 0.1) is 5.92 Å². The van der Waals surface area contributed by atoms with E-state index < -0.39 is 12.1 Å². The molecule has 3 atom stereocenters. The Bertz CT molecular complexity index is 858. The molecular weight excluding hydrogens is 358 g/mol. The summed E-state index contributed by atoms with van der Waals surface area (Å²) in [5.41, 5.74) is 7.34. The van der Waals surface area contributed by atoms with Gasteiger partial charge in [-0.05, 0) is 50.3 Å². The molecule has 1 fully saturated rings. The van der Waals surface area contributed by atoms with Crippen LogP contribution in [0.1, 0.15) is 39.2 Å². The second-order valence-corrected chi connectivity index (χ2v) is 7.99. The predicted molar refractivity (Wildman–Crippen MR) is 107 cm³/mol. The Labute approximate surface area is 164 Å². The van der Waals surface area contributed by atoms with E-state index in [2.05, 4.69) is 5.32 Å². The van der Waals surface area contributed by atoms with Crippen LogP contribution in [0.5, 0.6) is 5.75 Å². The number of aromatic hydroxyl groups is 1. The Morgan fingerprint density at radius 2 is 2.11 bits per heavy atom. The van der Waals surface area contributed by atoms with Crippen LogP contribution >= 0.6 is 0 Å². The molecule has 3 rings (SSSR count). The van der Waals surface area contributed by atoms with Gasteiger partial charge < -0.3 is 25.5 Å². The Kier molecular flexibility index (Phi) is 5.93. The molecule has 0 bridgehead atoms. The molecule has 0 radical (unpaired) electrons. The molecule has 28 heavy (non-hydrogen) atoms. The predicted octanol–water partition coefficient (Wildman–Crippen LogP) is 2.16. The molecule has 2 unspecified atom stereocenters. The van der Waals surface area contributed by atoms with Gasteiger partial charge in [0.2, 0.25) is 11.8 Å². The highest BCUT2D eigenvalue weighted by Gasteiger charge is 2.36. The van der Waals surface area contributed by atoms with Crippen LogP contribution in [-0.4, -0.2) is 46.5 Å². The van der Waals surface area contributed by atoms with Gasteiger partial charge in [-0.25, -0.2) is 0 Å². The maximum absolute atomic E-state index is 13.2. The van der Waals surface area contributed by atoms with Crippen LogP contribution in [0.2, 0.25) is 0 Å². The van der Waals surface area contributed by atoms with Gasteiger partial charge in [-0.2, -0.15) is 0 Å². The standard InChI is InChI=1S/C21H29N3O4/c1-12(2)19(23-20(26)13(3)22)21(27)24-8-4-5-15(24)9-14-11-28-18-7-6-16(25)10-17(14)18/h6-7,10-13,15,19,25H,4-5,8-9,22H2,1-3H3,(H,23,26)/t13-,15?,19?/m0/s1. The van der Waals surface area contributed by atoms with E-state index in [0.717, 1.165) is 23.8 Å². The van der Waals surface area contributed by atoms with Crippen molar-refractivity contribution in [1.82, 2.24) is 10.2 Å². The lowest BCUT2D eigenvalue weighted by Gasteiger charge is -2.31. The van der Waals surface area contributed by atoms with Crippen LogP contribution in [-0.2, 0) is 16.0 Å². The number of likely N-dealkylation sites (tertiary alicyclic amines) is 1. The van der Waals surface area contributed by atoms with Crippen molar-refractivity contribution in [2.24, 2.45) is 11.7 Å². The van der Waals surface area contributed by atoms with E-state index in [4.69, 9.17) is 10.2 Å². The number of hydrogen-bond acceptors (Lipinski definition) is 5. The van der Waals surface area contributed by atoms with Gasteiger partial charge >= 0.3 is 0 Å². The van der Waals surface area contributed by atoms with Crippen molar-refractivity contribution >= 4 is 22.8 Å². The maximum atomic E-state index is 13.2. The first-order valence-electron chi connectivity index (χ1n) is 9.83. The number of hydrogen-bond donors (Lipinski definition) is 3. The first-order chi connectivity index (χ1) is 13.3. The zero-order chi connectivity index (χ0) is 20.4. The van der Waals surface area contributed by atoms with Crippen LogP contribution in [0.4, 0.5) is 0 Å². The zero-order valence-electron chi connectivity index (χ0n) is 16.6. The number of carbonyl (C=O) groups excluding carboxylic acids is 2. The molecule has 0 aliphatic carbocycles. The number of nitrogens with two attached hydrogens (primary N) is 1. The van der Waals surface area contributed by atoms with Crippen molar-refractivity contribution in [3.05, 3.63) is 30.0 Å². The monoisotopic (exact) mass is 387 g/mol. The number of amides is 2. The first-order valence-corrected chi connectivity index (χ1v) is 9.83. The molecule has 4 N–H and O–H groups in total. The number of rotatable bonds is 6. The highest BCUT2D eigenvalue weighted by Crippen LogP contribution is 2.30. The number of fused-ring (bicyclic) bond motifs is 1. The fraction of sp³-hybridized carbons (Fsp3) is 0.524. The Morgan fingerprint density at radius 3 is 2.79 bits per heavy atom. The summed E-state index contributed by atoms with van der Waals surface area (Å²) in [6, 6.07) is 3.80. The molecule has 2 amide bonds. The second kappa shape index (κ2) is 8.22. The number of phenols is 1. The van der Waals surface area contributed by atoms with Gasteiger partial charge in [-0.1, -0.05) is 13.8 Å². The van der Waals surface area contributed by atoms with Gasteiger partial charge in [0.25, 0.3) is 0 Å². The van der Waals surface area contributed by atoms with Gasteiger partial charge in [-0.15, -0.1) is 0 Å². The Hall–Kier alpha value is -2.54. The van der Waals surface area contributed by atoms with Crippen molar-refractivity contribution in [3.8, 4) is 5.75 Å².